The molecule has 1 saturated carbocycles. The molecule has 0 amide bonds. The highest BCUT2D eigenvalue weighted by atomic mass is 15.2. The quantitative estimate of drug-likeness (QED) is 0.711. The monoisotopic (exact) mass is 254 g/mol. The average Bonchev–Trinajstić information content (AvgIpc) is 2.78. The molecular weight excluding hydrogens is 220 g/mol. The third-order valence-corrected chi connectivity index (χ3v) is 4.05. The predicted molar refractivity (Wildman–Crippen MR) is 81.0 cm³/mol. The largest absolute Gasteiger partial charge is 0.314 e. The molecule has 0 aromatic rings. The van der Waals surface area contributed by atoms with Crippen LogP contribution in [-0.4, -0.2) is 36.1 Å². The van der Waals surface area contributed by atoms with Crippen LogP contribution in [0.4, 0.5) is 0 Å². The van der Waals surface area contributed by atoms with E-state index in [1.807, 2.05) is 0 Å². The van der Waals surface area contributed by atoms with Gasteiger partial charge < -0.3 is 5.32 Å². The molecule has 1 rings (SSSR count). The molecule has 0 aliphatic heterocycles. The molecule has 18 heavy (non-hydrogen) atoms. The number of nitrogens with one attached hydrogen (secondary N) is 1. The van der Waals surface area contributed by atoms with Gasteiger partial charge in [-0.15, -0.1) is 0 Å². The normalized spacial score (nSPS) is 19.3. The summed E-state index contributed by atoms with van der Waals surface area (Å²) in [4.78, 5) is 2.79. The van der Waals surface area contributed by atoms with Gasteiger partial charge in [-0.05, 0) is 38.6 Å². The molecule has 1 N–H and O–H groups in total. The van der Waals surface area contributed by atoms with Crippen LogP contribution in [0.3, 0.4) is 0 Å². The third kappa shape index (κ3) is 5.71. The van der Waals surface area contributed by atoms with Crippen LogP contribution in [0, 0.1) is 5.92 Å². The lowest BCUT2D eigenvalue weighted by Crippen LogP contribution is -2.44. The maximum absolute atomic E-state index is 3.55. The SMILES string of the molecule is CC(C)CN(C(C)CCNC(C)C)C1CCCC1. The van der Waals surface area contributed by atoms with Gasteiger partial charge in [0.05, 0.1) is 0 Å². The number of hydrogen-bond acceptors (Lipinski definition) is 2. The van der Waals surface area contributed by atoms with Crippen molar-refractivity contribution in [3.8, 4) is 0 Å². The van der Waals surface area contributed by atoms with Crippen LogP contribution in [0.2, 0.25) is 0 Å². The second kappa shape index (κ2) is 8.16. The molecule has 1 unspecified atom stereocenters. The molecule has 0 aromatic carbocycles. The Labute approximate surface area is 115 Å². The highest BCUT2D eigenvalue weighted by Gasteiger charge is 2.26. The Morgan fingerprint density at radius 2 is 1.67 bits per heavy atom. The van der Waals surface area contributed by atoms with Crippen molar-refractivity contribution in [1.82, 2.24) is 10.2 Å². The van der Waals surface area contributed by atoms with Gasteiger partial charge in [0, 0.05) is 24.7 Å². The van der Waals surface area contributed by atoms with Crippen LogP contribution >= 0.6 is 0 Å². The third-order valence-electron chi connectivity index (χ3n) is 4.05. The lowest BCUT2D eigenvalue weighted by Gasteiger charge is -2.36. The molecule has 1 fully saturated rings. The van der Waals surface area contributed by atoms with Crippen LogP contribution in [-0.2, 0) is 0 Å². The lowest BCUT2D eigenvalue weighted by atomic mass is 10.1. The molecule has 0 bridgehead atoms. The molecule has 108 valence electrons. The first-order valence-corrected chi connectivity index (χ1v) is 7.99. The summed E-state index contributed by atoms with van der Waals surface area (Å²) in [6.07, 6.45) is 7.01. The number of rotatable bonds is 8. The lowest BCUT2D eigenvalue weighted by molar-refractivity contribution is 0.121. The first-order valence-electron chi connectivity index (χ1n) is 7.99. The molecule has 0 radical (unpaired) electrons. The van der Waals surface area contributed by atoms with Crippen LogP contribution in [0.1, 0.15) is 66.7 Å². The smallest absolute Gasteiger partial charge is 0.00981 e. The number of hydrogen-bond donors (Lipinski definition) is 1. The highest BCUT2D eigenvalue weighted by molar-refractivity contribution is 4.82. The van der Waals surface area contributed by atoms with Crippen molar-refractivity contribution in [3.05, 3.63) is 0 Å². The Hall–Kier alpha value is -0.0800. The maximum Gasteiger partial charge on any atom is 0.00981 e. The molecular formula is C16H34N2. The van der Waals surface area contributed by atoms with E-state index in [2.05, 4.69) is 44.8 Å². The fraction of sp³-hybridized carbons (Fsp3) is 1.00. The van der Waals surface area contributed by atoms with Gasteiger partial charge in [0.15, 0.2) is 0 Å². The highest BCUT2D eigenvalue weighted by Crippen LogP contribution is 2.26. The van der Waals surface area contributed by atoms with E-state index in [0.717, 1.165) is 24.5 Å². The average molecular weight is 254 g/mol. The Morgan fingerprint density at radius 1 is 1.06 bits per heavy atom. The molecule has 0 spiro atoms. The molecule has 1 aliphatic carbocycles. The van der Waals surface area contributed by atoms with Crippen molar-refractivity contribution in [3.63, 3.8) is 0 Å². The van der Waals surface area contributed by atoms with Crippen molar-refractivity contribution in [2.75, 3.05) is 13.1 Å². The summed E-state index contributed by atoms with van der Waals surface area (Å²) in [6, 6.07) is 2.20. The summed E-state index contributed by atoms with van der Waals surface area (Å²) < 4.78 is 0. The summed E-state index contributed by atoms with van der Waals surface area (Å²) in [7, 11) is 0. The Morgan fingerprint density at radius 3 is 2.17 bits per heavy atom. The van der Waals surface area contributed by atoms with E-state index in [1.165, 1.54) is 38.6 Å². The Bertz CT molecular complexity index is 207. The van der Waals surface area contributed by atoms with Crippen LogP contribution in [0.25, 0.3) is 0 Å². The van der Waals surface area contributed by atoms with Crippen molar-refractivity contribution in [2.45, 2.75) is 84.8 Å². The van der Waals surface area contributed by atoms with E-state index < -0.39 is 0 Å². The number of nitrogens with zero attached hydrogens (tertiary/aromatic N) is 1. The van der Waals surface area contributed by atoms with Crippen molar-refractivity contribution >= 4 is 0 Å². The van der Waals surface area contributed by atoms with Gasteiger partial charge in [0.25, 0.3) is 0 Å². The zero-order valence-electron chi connectivity index (χ0n) is 13.2. The second-order valence-electron chi connectivity index (χ2n) is 6.78. The minimum absolute atomic E-state index is 0.613. The molecule has 0 aromatic heterocycles. The molecule has 1 atom stereocenters. The fourth-order valence-electron chi connectivity index (χ4n) is 3.09. The van der Waals surface area contributed by atoms with E-state index in [1.54, 1.807) is 0 Å². The fourth-order valence-corrected chi connectivity index (χ4v) is 3.09. The maximum atomic E-state index is 3.55. The summed E-state index contributed by atoms with van der Waals surface area (Å²) in [5.74, 6) is 0.783. The van der Waals surface area contributed by atoms with Gasteiger partial charge in [-0.2, -0.15) is 0 Å². The first kappa shape index (κ1) is 16.0. The summed E-state index contributed by atoms with van der Waals surface area (Å²) in [5, 5.41) is 3.55. The van der Waals surface area contributed by atoms with Gasteiger partial charge in [0.1, 0.15) is 0 Å². The van der Waals surface area contributed by atoms with E-state index in [9.17, 15) is 0 Å². The standard InChI is InChI=1S/C16H34N2/c1-13(2)12-18(16-8-6-7-9-16)15(5)10-11-17-14(3)4/h13-17H,6-12H2,1-5H3. The van der Waals surface area contributed by atoms with Gasteiger partial charge in [-0.1, -0.05) is 40.5 Å². The van der Waals surface area contributed by atoms with Crippen LogP contribution in [0.15, 0.2) is 0 Å². The van der Waals surface area contributed by atoms with Gasteiger partial charge in [-0.25, -0.2) is 0 Å². The van der Waals surface area contributed by atoms with Crippen LogP contribution < -0.4 is 5.32 Å². The zero-order valence-corrected chi connectivity index (χ0v) is 13.2. The zero-order chi connectivity index (χ0) is 13.5. The molecule has 2 nitrogen and oxygen atoms in total. The summed E-state index contributed by atoms with van der Waals surface area (Å²) in [6.45, 7) is 14.0. The van der Waals surface area contributed by atoms with Crippen LogP contribution in [0.5, 0.6) is 0 Å². The molecule has 2 heteroatoms. The Balaban J connectivity index is 2.41. The molecule has 0 heterocycles. The second-order valence-corrected chi connectivity index (χ2v) is 6.78. The van der Waals surface area contributed by atoms with Gasteiger partial charge in [0.2, 0.25) is 0 Å². The predicted octanol–water partition coefficient (Wildman–Crippen LogP) is 3.66. The van der Waals surface area contributed by atoms with Gasteiger partial charge in [-0.3, -0.25) is 4.90 Å². The Kier molecular flexibility index (Phi) is 7.25. The van der Waals surface area contributed by atoms with E-state index in [-0.39, 0.29) is 0 Å². The van der Waals surface area contributed by atoms with E-state index in [4.69, 9.17) is 0 Å². The molecule has 0 saturated heterocycles. The first-order chi connectivity index (χ1) is 8.50. The summed E-state index contributed by atoms with van der Waals surface area (Å²) >= 11 is 0. The summed E-state index contributed by atoms with van der Waals surface area (Å²) in [5.41, 5.74) is 0. The minimum Gasteiger partial charge on any atom is -0.314 e. The van der Waals surface area contributed by atoms with Gasteiger partial charge >= 0.3 is 0 Å². The van der Waals surface area contributed by atoms with Crippen molar-refractivity contribution < 1.29 is 0 Å². The topological polar surface area (TPSA) is 15.3 Å². The van der Waals surface area contributed by atoms with Crippen molar-refractivity contribution in [2.24, 2.45) is 5.92 Å². The van der Waals surface area contributed by atoms with E-state index in [0.29, 0.717) is 6.04 Å². The molecule has 1 aliphatic rings. The van der Waals surface area contributed by atoms with E-state index >= 15 is 0 Å². The van der Waals surface area contributed by atoms with Crippen molar-refractivity contribution in [1.29, 1.82) is 0 Å². The minimum atomic E-state index is 0.613.